The summed E-state index contributed by atoms with van der Waals surface area (Å²) < 4.78 is 0.762. The summed E-state index contributed by atoms with van der Waals surface area (Å²) in [4.78, 5) is 14.0. The summed E-state index contributed by atoms with van der Waals surface area (Å²) >= 11 is 3.93. The van der Waals surface area contributed by atoms with E-state index in [0.29, 0.717) is 11.6 Å². The maximum atomic E-state index is 12.2. The molecule has 1 aliphatic rings. The van der Waals surface area contributed by atoms with Crippen molar-refractivity contribution in [2.45, 2.75) is 12.5 Å². The van der Waals surface area contributed by atoms with Gasteiger partial charge in [-0.1, -0.05) is 0 Å². The molecule has 1 fully saturated rings. The minimum absolute atomic E-state index is 0.01000. The molecule has 0 spiro atoms. The molecule has 1 aromatic rings. The molecule has 5 heteroatoms. The van der Waals surface area contributed by atoms with Crippen LogP contribution in [0.25, 0.3) is 0 Å². The molecular weight excluding hydrogens is 349 g/mol. The van der Waals surface area contributed by atoms with Crippen LogP contribution in [0.3, 0.4) is 0 Å². The molecular formula is C12H14INO2S. The van der Waals surface area contributed by atoms with Crippen LogP contribution in [0, 0.1) is 3.57 Å². The normalized spacial score (nSPS) is 19.3. The first-order valence-electron chi connectivity index (χ1n) is 5.43. The number of carbonyl (C=O) groups excluding carboxylic acids is 1. The van der Waals surface area contributed by atoms with Crippen molar-refractivity contribution in [2.75, 3.05) is 18.6 Å². The fraction of sp³-hybridized carbons (Fsp3) is 0.417. The van der Waals surface area contributed by atoms with Gasteiger partial charge in [-0.15, -0.1) is 0 Å². The minimum Gasteiger partial charge on any atom is -0.507 e. The van der Waals surface area contributed by atoms with Gasteiger partial charge in [0.1, 0.15) is 5.75 Å². The van der Waals surface area contributed by atoms with E-state index >= 15 is 0 Å². The first-order valence-corrected chi connectivity index (χ1v) is 7.66. The minimum atomic E-state index is -0.01000. The number of aromatic hydroxyl groups is 1. The molecule has 0 bridgehead atoms. The van der Waals surface area contributed by atoms with Gasteiger partial charge in [0.2, 0.25) is 0 Å². The second kappa shape index (κ2) is 5.48. The van der Waals surface area contributed by atoms with E-state index in [1.165, 1.54) is 0 Å². The Morgan fingerprint density at radius 3 is 2.94 bits per heavy atom. The van der Waals surface area contributed by atoms with Crippen molar-refractivity contribution in [1.29, 1.82) is 0 Å². The number of rotatable bonds is 2. The molecule has 0 radical (unpaired) electrons. The van der Waals surface area contributed by atoms with Gasteiger partial charge in [-0.05, 0) is 53.0 Å². The highest BCUT2D eigenvalue weighted by molar-refractivity contribution is 14.1. The lowest BCUT2D eigenvalue weighted by atomic mass is 10.1. The predicted molar refractivity (Wildman–Crippen MR) is 78.6 cm³/mol. The smallest absolute Gasteiger partial charge is 0.254 e. The summed E-state index contributed by atoms with van der Waals surface area (Å²) in [6.45, 7) is 0. The Hall–Kier alpha value is -0.430. The average molecular weight is 363 g/mol. The number of phenolic OH excluding ortho intramolecular Hbond substituents is 1. The van der Waals surface area contributed by atoms with Crippen LogP contribution >= 0.6 is 34.4 Å². The van der Waals surface area contributed by atoms with Crippen LogP contribution in [0.5, 0.6) is 5.75 Å². The second-order valence-corrected chi connectivity index (χ2v) is 6.41. The molecule has 1 aliphatic heterocycles. The van der Waals surface area contributed by atoms with Crippen LogP contribution in [0.15, 0.2) is 18.2 Å². The number of halogens is 1. The third-order valence-electron chi connectivity index (χ3n) is 2.97. The van der Waals surface area contributed by atoms with Crippen LogP contribution < -0.4 is 0 Å². The third-order valence-corrected chi connectivity index (χ3v) is 5.02. The van der Waals surface area contributed by atoms with E-state index in [2.05, 4.69) is 0 Å². The molecule has 0 aliphatic carbocycles. The first-order chi connectivity index (χ1) is 8.09. The molecule has 92 valence electrons. The second-order valence-electron chi connectivity index (χ2n) is 4.10. The maximum Gasteiger partial charge on any atom is 0.254 e. The van der Waals surface area contributed by atoms with E-state index in [-0.39, 0.29) is 11.7 Å². The maximum absolute atomic E-state index is 12.2. The van der Waals surface area contributed by atoms with Gasteiger partial charge in [0.25, 0.3) is 5.91 Å². The van der Waals surface area contributed by atoms with Gasteiger partial charge in [-0.25, -0.2) is 0 Å². The summed E-state index contributed by atoms with van der Waals surface area (Å²) in [5.41, 5.74) is 0.558. The predicted octanol–water partition coefficient (Wildman–Crippen LogP) is 2.57. The van der Waals surface area contributed by atoms with E-state index in [1.807, 2.05) is 41.4 Å². The Morgan fingerprint density at radius 1 is 1.59 bits per heavy atom. The fourth-order valence-corrected chi connectivity index (χ4v) is 3.45. The monoisotopic (exact) mass is 363 g/mol. The molecule has 1 aromatic carbocycles. The summed E-state index contributed by atoms with van der Waals surface area (Å²) in [5.74, 6) is 2.30. The number of hydrogen-bond donors (Lipinski definition) is 1. The number of phenols is 1. The van der Waals surface area contributed by atoms with Crippen molar-refractivity contribution in [1.82, 2.24) is 4.90 Å². The largest absolute Gasteiger partial charge is 0.507 e. The van der Waals surface area contributed by atoms with Crippen molar-refractivity contribution in [2.24, 2.45) is 0 Å². The van der Waals surface area contributed by atoms with Gasteiger partial charge >= 0.3 is 0 Å². The molecule has 2 rings (SSSR count). The highest BCUT2D eigenvalue weighted by Crippen LogP contribution is 2.25. The molecule has 3 nitrogen and oxygen atoms in total. The van der Waals surface area contributed by atoms with Crippen LogP contribution in [-0.2, 0) is 0 Å². The zero-order valence-electron chi connectivity index (χ0n) is 9.52. The van der Waals surface area contributed by atoms with Crippen molar-refractivity contribution >= 4 is 40.3 Å². The zero-order valence-corrected chi connectivity index (χ0v) is 12.5. The lowest BCUT2D eigenvalue weighted by Gasteiger charge is -2.23. The van der Waals surface area contributed by atoms with E-state index in [1.54, 1.807) is 23.1 Å². The standard InChI is InChI=1S/C12H14INO2S/c1-14(9-4-5-17-7-9)12(16)8-2-3-10(13)11(15)6-8/h2-3,6,9,15H,4-5,7H2,1H3. The van der Waals surface area contributed by atoms with E-state index in [9.17, 15) is 9.90 Å². The summed E-state index contributed by atoms with van der Waals surface area (Å²) in [6.07, 6.45) is 1.06. The average Bonchev–Trinajstić information content (AvgIpc) is 2.84. The van der Waals surface area contributed by atoms with E-state index in [0.717, 1.165) is 21.5 Å². The van der Waals surface area contributed by atoms with Crippen molar-refractivity contribution in [3.05, 3.63) is 27.3 Å². The highest BCUT2D eigenvalue weighted by atomic mass is 127. The Bertz CT molecular complexity index is 433. The van der Waals surface area contributed by atoms with Crippen LogP contribution in [0.4, 0.5) is 0 Å². The van der Waals surface area contributed by atoms with Gasteiger partial charge in [-0.3, -0.25) is 4.79 Å². The Morgan fingerprint density at radius 2 is 2.35 bits per heavy atom. The lowest BCUT2D eigenvalue weighted by Crippen LogP contribution is -2.36. The van der Waals surface area contributed by atoms with Crippen molar-refractivity contribution in [3.63, 3.8) is 0 Å². The molecule has 1 saturated heterocycles. The topological polar surface area (TPSA) is 40.5 Å². The van der Waals surface area contributed by atoms with Gasteiger partial charge in [-0.2, -0.15) is 11.8 Å². The SMILES string of the molecule is CN(C(=O)c1ccc(I)c(O)c1)C1CCSC1. The number of thioether (sulfide) groups is 1. The summed E-state index contributed by atoms with van der Waals surface area (Å²) in [7, 11) is 1.84. The Balaban J connectivity index is 2.15. The Kier molecular flexibility index (Phi) is 4.19. The molecule has 1 unspecified atom stereocenters. The van der Waals surface area contributed by atoms with E-state index < -0.39 is 0 Å². The van der Waals surface area contributed by atoms with E-state index in [4.69, 9.17) is 0 Å². The molecule has 1 heterocycles. The molecule has 0 aromatic heterocycles. The fourth-order valence-electron chi connectivity index (χ4n) is 1.84. The molecule has 0 saturated carbocycles. The zero-order chi connectivity index (χ0) is 12.4. The summed E-state index contributed by atoms with van der Waals surface area (Å²) in [6, 6.07) is 5.40. The first kappa shape index (κ1) is 13.0. The number of carbonyl (C=O) groups is 1. The number of hydrogen-bond acceptors (Lipinski definition) is 3. The molecule has 17 heavy (non-hydrogen) atoms. The quantitative estimate of drug-likeness (QED) is 0.822. The van der Waals surface area contributed by atoms with Gasteiger partial charge in [0.15, 0.2) is 0 Å². The van der Waals surface area contributed by atoms with Gasteiger partial charge in [0.05, 0.1) is 3.57 Å². The third kappa shape index (κ3) is 2.88. The number of nitrogens with zero attached hydrogens (tertiary/aromatic N) is 1. The number of benzene rings is 1. The van der Waals surface area contributed by atoms with Crippen molar-refractivity contribution < 1.29 is 9.90 Å². The Labute approximate surface area is 119 Å². The molecule has 1 atom stereocenters. The number of amides is 1. The molecule has 1 N–H and O–H groups in total. The lowest BCUT2D eigenvalue weighted by molar-refractivity contribution is 0.0747. The van der Waals surface area contributed by atoms with Crippen molar-refractivity contribution in [3.8, 4) is 5.75 Å². The van der Waals surface area contributed by atoms with Crippen LogP contribution in [0.2, 0.25) is 0 Å². The summed E-state index contributed by atoms with van der Waals surface area (Å²) in [5, 5.41) is 9.61. The van der Waals surface area contributed by atoms with Gasteiger partial charge < -0.3 is 10.0 Å². The van der Waals surface area contributed by atoms with Crippen LogP contribution in [0.1, 0.15) is 16.8 Å². The van der Waals surface area contributed by atoms with Crippen LogP contribution in [-0.4, -0.2) is 40.5 Å². The molecule has 1 amide bonds. The van der Waals surface area contributed by atoms with Gasteiger partial charge in [0, 0.05) is 24.4 Å². The highest BCUT2D eigenvalue weighted by Gasteiger charge is 2.24.